The maximum atomic E-state index is 11.6. The minimum absolute atomic E-state index is 0.0802. The number of amides is 1. The number of piperidine rings is 1. The third-order valence-corrected chi connectivity index (χ3v) is 5.27. The summed E-state index contributed by atoms with van der Waals surface area (Å²) in [6, 6.07) is 5.82. The van der Waals surface area contributed by atoms with E-state index in [0.29, 0.717) is 11.5 Å². The van der Waals surface area contributed by atoms with Gasteiger partial charge in [0.15, 0.2) is 17.3 Å². The fourth-order valence-corrected chi connectivity index (χ4v) is 3.74. The summed E-state index contributed by atoms with van der Waals surface area (Å²) in [5.41, 5.74) is 6.51. The number of likely N-dealkylation sites (tertiary alicyclic amines) is 1. The van der Waals surface area contributed by atoms with E-state index in [1.165, 1.54) is 0 Å². The van der Waals surface area contributed by atoms with E-state index < -0.39 is 0 Å². The second kappa shape index (κ2) is 8.55. The molecule has 152 valence electrons. The molecule has 3 rings (SSSR count). The van der Waals surface area contributed by atoms with E-state index in [0.717, 1.165) is 37.3 Å². The van der Waals surface area contributed by atoms with Crippen molar-refractivity contribution in [3.63, 3.8) is 0 Å². The lowest BCUT2D eigenvalue weighted by molar-refractivity contribution is -0.123. The molecular formula is C19H28N6O3. The van der Waals surface area contributed by atoms with E-state index >= 15 is 0 Å². The number of primary amides is 1. The number of benzene rings is 1. The Balaban J connectivity index is 2.00. The number of aromatic nitrogens is 4. The molecule has 0 radical (unpaired) electrons. The summed E-state index contributed by atoms with van der Waals surface area (Å²) in [6.45, 7) is 5.56. The molecule has 1 aromatic carbocycles. The molecule has 0 bridgehead atoms. The number of carbonyl (C=O) groups is 1. The van der Waals surface area contributed by atoms with Gasteiger partial charge in [0.1, 0.15) is 0 Å². The van der Waals surface area contributed by atoms with Crippen LogP contribution in [0.5, 0.6) is 11.5 Å². The molecule has 0 spiro atoms. The van der Waals surface area contributed by atoms with Crippen LogP contribution in [0.1, 0.15) is 50.2 Å². The summed E-state index contributed by atoms with van der Waals surface area (Å²) < 4.78 is 12.7. The zero-order chi connectivity index (χ0) is 20.3. The fourth-order valence-electron chi connectivity index (χ4n) is 3.74. The van der Waals surface area contributed by atoms with E-state index in [-0.39, 0.29) is 23.9 Å². The van der Waals surface area contributed by atoms with Gasteiger partial charge >= 0.3 is 0 Å². The Morgan fingerprint density at radius 3 is 2.43 bits per heavy atom. The first kappa shape index (κ1) is 20.1. The number of nitrogens with two attached hydrogens (primary N) is 1. The summed E-state index contributed by atoms with van der Waals surface area (Å²) in [6.07, 6.45) is 1.45. The van der Waals surface area contributed by atoms with Crippen molar-refractivity contribution in [2.45, 2.75) is 38.8 Å². The van der Waals surface area contributed by atoms with E-state index in [1.807, 2.05) is 36.7 Å². The molecule has 0 saturated carbocycles. The molecule has 1 unspecified atom stereocenters. The molecule has 9 heteroatoms. The number of hydrogen-bond donors (Lipinski definition) is 1. The van der Waals surface area contributed by atoms with Crippen LogP contribution in [0.25, 0.3) is 0 Å². The van der Waals surface area contributed by atoms with Crippen LogP contribution >= 0.6 is 0 Å². The van der Waals surface area contributed by atoms with Gasteiger partial charge in [-0.25, -0.2) is 4.68 Å². The van der Waals surface area contributed by atoms with E-state index in [4.69, 9.17) is 15.2 Å². The average Bonchev–Trinajstić information content (AvgIpc) is 3.18. The SMILES string of the molecule is COc1ccc(C(c2nnnn2C(C)C)N2CCC(C(N)=O)CC2)cc1OC. The van der Waals surface area contributed by atoms with E-state index in [2.05, 4.69) is 20.4 Å². The van der Waals surface area contributed by atoms with Gasteiger partial charge in [-0.1, -0.05) is 6.07 Å². The predicted octanol–water partition coefficient (Wildman–Crippen LogP) is 1.56. The largest absolute Gasteiger partial charge is 0.493 e. The molecule has 28 heavy (non-hydrogen) atoms. The first-order valence-electron chi connectivity index (χ1n) is 9.49. The van der Waals surface area contributed by atoms with Crippen LogP contribution in [0, 0.1) is 5.92 Å². The maximum Gasteiger partial charge on any atom is 0.220 e. The molecule has 9 nitrogen and oxygen atoms in total. The predicted molar refractivity (Wildman–Crippen MR) is 103 cm³/mol. The Kier molecular flexibility index (Phi) is 6.13. The lowest BCUT2D eigenvalue weighted by Crippen LogP contribution is -2.41. The van der Waals surface area contributed by atoms with Crippen molar-refractivity contribution >= 4 is 5.91 Å². The Labute approximate surface area is 164 Å². The van der Waals surface area contributed by atoms with Gasteiger partial charge < -0.3 is 15.2 Å². The van der Waals surface area contributed by atoms with Gasteiger partial charge in [-0.15, -0.1) is 5.10 Å². The number of ether oxygens (including phenoxy) is 2. The average molecular weight is 388 g/mol. The van der Waals surface area contributed by atoms with Gasteiger partial charge in [0, 0.05) is 5.92 Å². The standard InChI is InChI=1S/C19H28N6O3/c1-12(2)25-19(21-22-23-25)17(24-9-7-13(8-10-24)18(20)26)14-5-6-15(27-3)16(11-14)28-4/h5-6,11-13,17H,7-10H2,1-4H3,(H2,20,26). The zero-order valence-corrected chi connectivity index (χ0v) is 16.8. The summed E-state index contributed by atoms with van der Waals surface area (Å²) in [5.74, 6) is 1.78. The van der Waals surface area contributed by atoms with Gasteiger partial charge in [-0.05, 0) is 67.9 Å². The van der Waals surface area contributed by atoms with Crippen molar-refractivity contribution in [3.05, 3.63) is 29.6 Å². The number of methoxy groups -OCH3 is 2. The fraction of sp³-hybridized carbons (Fsp3) is 0.579. The van der Waals surface area contributed by atoms with Gasteiger partial charge in [0.2, 0.25) is 5.91 Å². The molecule has 2 N–H and O–H groups in total. The molecule has 1 amide bonds. The van der Waals surface area contributed by atoms with Gasteiger partial charge in [0.05, 0.1) is 26.3 Å². The number of hydrogen-bond acceptors (Lipinski definition) is 7. The number of nitrogens with zero attached hydrogens (tertiary/aromatic N) is 5. The molecule has 1 aromatic heterocycles. The molecule has 2 aromatic rings. The van der Waals surface area contributed by atoms with Crippen LogP contribution in [0.4, 0.5) is 0 Å². The second-order valence-electron chi connectivity index (χ2n) is 7.30. The Morgan fingerprint density at radius 1 is 1.18 bits per heavy atom. The van der Waals surface area contributed by atoms with Crippen molar-refractivity contribution < 1.29 is 14.3 Å². The Hall–Kier alpha value is -2.68. The van der Waals surface area contributed by atoms with Crippen molar-refractivity contribution in [1.82, 2.24) is 25.1 Å². The molecule has 1 atom stereocenters. The summed E-state index contributed by atoms with van der Waals surface area (Å²) in [7, 11) is 3.23. The smallest absolute Gasteiger partial charge is 0.220 e. The van der Waals surface area contributed by atoms with Crippen LogP contribution in [-0.4, -0.2) is 58.3 Å². The van der Waals surface area contributed by atoms with Crippen LogP contribution in [-0.2, 0) is 4.79 Å². The molecule has 2 heterocycles. The molecule has 1 aliphatic heterocycles. The lowest BCUT2D eigenvalue weighted by Gasteiger charge is -2.36. The highest BCUT2D eigenvalue weighted by atomic mass is 16.5. The lowest BCUT2D eigenvalue weighted by atomic mass is 9.93. The Bertz CT molecular complexity index is 814. The van der Waals surface area contributed by atoms with Crippen LogP contribution in [0.2, 0.25) is 0 Å². The molecule has 1 fully saturated rings. The normalized spacial score (nSPS) is 16.9. The van der Waals surface area contributed by atoms with Crippen LogP contribution in [0.3, 0.4) is 0 Å². The van der Waals surface area contributed by atoms with Crippen molar-refractivity contribution in [2.24, 2.45) is 11.7 Å². The first-order chi connectivity index (χ1) is 13.5. The first-order valence-corrected chi connectivity index (χ1v) is 9.49. The van der Waals surface area contributed by atoms with E-state index in [1.54, 1.807) is 14.2 Å². The topological polar surface area (TPSA) is 108 Å². The Morgan fingerprint density at radius 2 is 1.86 bits per heavy atom. The van der Waals surface area contributed by atoms with Gasteiger partial charge in [0.25, 0.3) is 0 Å². The second-order valence-corrected chi connectivity index (χ2v) is 7.30. The van der Waals surface area contributed by atoms with Crippen molar-refractivity contribution in [1.29, 1.82) is 0 Å². The van der Waals surface area contributed by atoms with Crippen LogP contribution < -0.4 is 15.2 Å². The minimum atomic E-state index is -0.227. The van der Waals surface area contributed by atoms with Crippen molar-refractivity contribution in [2.75, 3.05) is 27.3 Å². The van der Waals surface area contributed by atoms with Crippen LogP contribution in [0.15, 0.2) is 18.2 Å². The van der Waals surface area contributed by atoms with Crippen molar-refractivity contribution in [3.8, 4) is 11.5 Å². The van der Waals surface area contributed by atoms with Gasteiger partial charge in [-0.2, -0.15) is 0 Å². The number of carbonyl (C=O) groups excluding carboxylic acids is 1. The zero-order valence-electron chi connectivity index (χ0n) is 16.8. The minimum Gasteiger partial charge on any atom is -0.493 e. The summed E-state index contributed by atoms with van der Waals surface area (Å²) in [4.78, 5) is 13.9. The summed E-state index contributed by atoms with van der Waals surface area (Å²) >= 11 is 0. The maximum absolute atomic E-state index is 11.6. The molecular weight excluding hydrogens is 360 g/mol. The monoisotopic (exact) mass is 388 g/mol. The number of tetrazole rings is 1. The quantitative estimate of drug-likeness (QED) is 0.767. The summed E-state index contributed by atoms with van der Waals surface area (Å²) in [5, 5.41) is 12.4. The molecule has 0 aliphatic carbocycles. The van der Waals surface area contributed by atoms with E-state index in [9.17, 15) is 4.79 Å². The number of rotatable bonds is 7. The highest BCUT2D eigenvalue weighted by Gasteiger charge is 2.33. The molecule has 1 saturated heterocycles. The highest BCUT2D eigenvalue weighted by Crippen LogP contribution is 2.36. The third kappa shape index (κ3) is 3.94. The highest BCUT2D eigenvalue weighted by molar-refractivity contribution is 5.76. The molecule has 1 aliphatic rings. The third-order valence-electron chi connectivity index (χ3n) is 5.27. The van der Waals surface area contributed by atoms with Gasteiger partial charge in [-0.3, -0.25) is 9.69 Å².